The first kappa shape index (κ1) is 22.1. The molecule has 2 aromatic carbocycles. The van der Waals surface area contributed by atoms with Gasteiger partial charge in [-0.3, -0.25) is 4.90 Å². The molecule has 0 atom stereocenters. The first-order valence-electron chi connectivity index (χ1n) is 10.7. The van der Waals surface area contributed by atoms with Gasteiger partial charge in [-0.1, -0.05) is 18.2 Å². The highest BCUT2D eigenvalue weighted by atomic mass is 32.2. The third-order valence-electron chi connectivity index (χ3n) is 5.56. The molecule has 8 heteroatoms. The minimum absolute atomic E-state index is 0.0189. The number of nitrogens with one attached hydrogen (secondary N) is 1. The molecule has 0 saturated carbocycles. The van der Waals surface area contributed by atoms with Gasteiger partial charge in [0.1, 0.15) is 0 Å². The van der Waals surface area contributed by atoms with E-state index in [1.807, 2.05) is 30.3 Å². The molecule has 1 N–H and O–H groups in total. The van der Waals surface area contributed by atoms with Crippen molar-refractivity contribution in [2.45, 2.75) is 44.3 Å². The van der Waals surface area contributed by atoms with Crippen molar-refractivity contribution in [3.05, 3.63) is 53.6 Å². The van der Waals surface area contributed by atoms with Crippen molar-refractivity contribution in [2.75, 3.05) is 33.0 Å². The summed E-state index contributed by atoms with van der Waals surface area (Å²) in [6, 6.07) is 13.2. The summed E-state index contributed by atoms with van der Waals surface area (Å²) < 4.78 is 38.5. The molecule has 1 saturated heterocycles. The van der Waals surface area contributed by atoms with Gasteiger partial charge in [-0.15, -0.1) is 0 Å². The molecule has 0 aliphatic carbocycles. The predicted octanol–water partition coefficient (Wildman–Crippen LogP) is 2.81. The average Bonchev–Trinajstić information content (AvgIpc) is 3.20. The largest absolute Gasteiger partial charge is 0.454 e. The summed E-state index contributed by atoms with van der Waals surface area (Å²) in [5, 5.41) is 3.42. The van der Waals surface area contributed by atoms with Crippen LogP contribution in [-0.2, 0) is 23.1 Å². The molecule has 4 rings (SSSR count). The standard InChI is InChI=1S/C23H31N3O4S/c1-23(2,3)24-15-18-4-7-20(8-5-18)31(27,28)26-12-10-25(11-13-26)16-19-6-9-21-22(14-19)30-17-29-21/h4-9,14,24H,10-13,15-17H2,1-3H3. The lowest BCUT2D eigenvalue weighted by Gasteiger charge is -2.34. The van der Waals surface area contributed by atoms with E-state index in [-0.39, 0.29) is 12.3 Å². The van der Waals surface area contributed by atoms with E-state index in [9.17, 15) is 8.42 Å². The zero-order valence-corrected chi connectivity index (χ0v) is 19.2. The topological polar surface area (TPSA) is 71.1 Å². The van der Waals surface area contributed by atoms with Gasteiger partial charge < -0.3 is 14.8 Å². The minimum atomic E-state index is -3.48. The van der Waals surface area contributed by atoms with Crippen LogP contribution in [0.25, 0.3) is 0 Å². The molecule has 31 heavy (non-hydrogen) atoms. The van der Waals surface area contributed by atoms with Crippen LogP contribution in [0.1, 0.15) is 31.9 Å². The molecular formula is C23H31N3O4S. The highest BCUT2D eigenvalue weighted by Crippen LogP contribution is 2.33. The lowest BCUT2D eigenvalue weighted by atomic mass is 10.1. The van der Waals surface area contributed by atoms with Crippen LogP contribution < -0.4 is 14.8 Å². The van der Waals surface area contributed by atoms with E-state index in [2.05, 4.69) is 31.0 Å². The van der Waals surface area contributed by atoms with E-state index in [1.54, 1.807) is 16.4 Å². The molecule has 0 aromatic heterocycles. The molecule has 2 heterocycles. The number of ether oxygens (including phenoxy) is 2. The molecule has 1 fully saturated rings. The number of nitrogens with zero attached hydrogens (tertiary/aromatic N) is 2. The van der Waals surface area contributed by atoms with Crippen molar-refractivity contribution >= 4 is 10.0 Å². The minimum Gasteiger partial charge on any atom is -0.454 e. The molecule has 2 aliphatic rings. The number of rotatable bonds is 6. The number of piperazine rings is 1. The fraction of sp³-hybridized carbons (Fsp3) is 0.478. The van der Waals surface area contributed by atoms with Crippen LogP contribution >= 0.6 is 0 Å². The van der Waals surface area contributed by atoms with Crippen molar-refractivity contribution in [2.24, 2.45) is 0 Å². The van der Waals surface area contributed by atoms with E-state index in [0.29, 0.717) is 37.6 Å². The summed E-state index contributed by atoms with van der Waals surface area (Å²) in [6.45, 7) is 10.4. The Balaban J connectivity index is 1.33. The Morgan fingerprint density at radius 3 is 2.23 bits per heavy atom. The van der Waals surface area contributed by atoms with Crippen LogP contribution in [0, 0.1) is 0 Å². The predicted molar refractivity (Wildman–Crippen MR) is 120 cm³/mol. The maximum absolute atomic E-state index is 13.1. The van der Waals surface area contributed by atoms with Gasteiger partial charge in [0.25, 0.3) is 0 Å². The van der Waals surface area contributed by atoms with Gasteiger partial charge in [-0.2, -0.15) is 4.31 Å². The first-order valence-corrected chi connectivity index (χ1v) is 12.1. The van der Waals surface area contributed by atoms with Crippen molar-refractivity contribution in [3.8, 4) is 11.5 Å². The molecule has 0 amide bonds. The highest BCUT2D eigenvalue weighted by Gasteiger charge is 2.28. The summed E-state index contributed by atoms with van der Waals surface area (Å²) in [5.74, 6) is 1.56. The van der Waals surface area contributed by atoms with E-state index in [0.717, 1.165) is 29.2 Å². The summed E-state index contributed by atoms with van der Waals surface area (Å²) in [4.78, 5) is 2.63. The zero-order valence-electron chi connectivity index (χ0n) is 18.4. The number of sulfonamides is 1. The molecule has 7 nitrogen and oxygen atoms in total. The zero-order chi connectivity index (χ0) is 22.1. The van der Waals surface area contributed by atoms with Crippen LogP contribution in [0.3, 0.4) is 0 Å². The lowest BCUT2D eigenvalue weighted by molar-refractivity contribution is 0.173. The Morgan fingerprint density at radius 1 is 0.903 bits per heavy atom. The van der Waals surface area contributed by atoms with Gasteiger partial charge >= 0.3 is 0 Å². The Hall–Kier alpha value is -2.13. The monoisotopic (exact) mass is 445 g/mol. The van der Waals surface area contributed by atoms with E-state index < -0.39 is 10.0 Å². The SMILES string of the molecule is CC(C)(C)NCc1ccc(S(=O)(=O)N2CCN(Cc3ccc4c(c3)OCO4)CC2)cc1. The number of benzene rings is 2. The second-order valence-electron chi connectivity index (χ2n) is 9.12. The van der Waals surface area contributed by atoms with Gasteiger partial charge in [0.2, 0.25) is 16.8 Å². The third kappa shape index (κ3) is 5.38. The molecular weight excluding hydrogens is 414 g/mol. The summed E-state index contributed by atoms with van der Waals surface area (Å²) >= 11 is 0. The van der Waals surface area contributed by atoms with Crippen molar-refractivity contribution in [3.63, 3.8) is 0 Å². The van der Waals surface area contributed by atoms with Gasteiger partial charge in [0.15, 0.2) is 11.5 Å². The van der Waals surface area contributed by atoms with Gasteiger partial charge in [-0.05, 0) is 56.2 Å². The smallest absolute Gasteiger partial charge is 0.243 e. The van der Waals surface area contributed by atoms with Crippen LogP contribution in [0.5, 0.6) is 11.5 Å². The molecule has 168 valence electrons. The van der Waals surface area contributed by atoms with E-state index in [4.69, 9.17) is 9.47 Å². The van der Waals surface area contributed by atoms with Gasteiger partial charge in [-0.25, -0.2) is 8.42 Å². The second-order valence-corrected chi connectivity index (χ2v) is 11.1. The van der Waals surface area contributed by atoms with Crippen LogP contribution in [-0.4, -0.2) is 56.1 Å². The third-order valence-corrected chi connectivity index (χ3v) is 7.47. The van der Waals surface area contributed by atoms with Gasteiger partial charge in [0.05, 0.1) is 4.90 Å². The Kier molecular flexibility index (Phi) is 6.25. The number of hydrogen-bond donors (Lipinski definition) is 1. The van der Waals surface area contributed by atoms with Crippen LogP contribution in [0.2, 0.25) is 0 Å². The lowest BCUT2D eigenvalue weighted by Crippen LogP contribution is -2.48. The van der Waals surface area contributed by atoms with Crippen molar-refractivity contribution < 1.29 is 17.9 Å². The highest BCUT2D eigenvalue weighted by molar-refractivity contribution is 7.89. The Morgan fingerprint density at radius 2 is 1.55 bits per heavy atom. The first-order chi connectivity index (χ1) is 14.7. The van der Waals surface area contributed by atoms with Crippen molar-refractivity contribution in [1.82, 2.24) is 14.5 Å². The maximum atomic E-state index is 13.1. The molecule has 0 unspecified atom stereocenters. The Bertz CT molecular complexity index is 1010. The molecule has 2 aromatic rings. The molecule has 0 spiro atoms. The van der Waals surface area contributed by atoms with Crippen molar-refractivity contribution in [1.29, 1.82) is 0 Å². The summed E-state index contributed by atoms with van der Waals surface area (Å²) in [5.41, 5.74) is 2.23. The molecule has 0 radical (unpaired) electrons. The summed E-state index contributed by atoms with van der Waals surface area (Å²) in [7, 11) is -3.48. The fourth-order valence-electron chi connectivity index (χ4n) is 3.72. The molecule has 2 aliphatic heterocycles. The van der Waals surface area contributed by atoms with E-state index in [1.165, 1.54) is 0 Å². The number of hydrogen-bond acceptors (Lipinski definition) is 6. The quantitative estimate of drug-likeness (QED) is 0.737. The second kappa shape index (κ2) is 8.78. The van der Waals surface area contributed by atoms with E-state index >= 15 is 0 Å². The maximum Gasteiger partial charge on any atom is 0.243 e. The molecule has 0 bridgehead atoms. The normalized spacial score (nSPS) is 17.8. The average molecular weight is 446 g/mol. The van der Waals surface area contributed by atoms with Gasteiger partial charge in [0, 0.05) is 44.8 Å². The summed E-state index contributed by atoms with van der Waals surface area (Å²) in [6.07, 6.45) is 0. The number of fused-ring (bicyclic) bond motifs is 1. The Labute approximate surface area is 185 Å². The van der Waals surface area contributed by atoms with Crippen LogP contribution in [0.15, 0.2) is 47.4 Å². The fourth-order valence-corrected chi connectivity index (χ4v) is 5.14. The van der Waals surface area contributed by atoms with Crippen LogP contribution in [0.4, 0.5) is 0 Å².